The Morgan fingerprint density at radius 3 is 1.71 bits per heavy atom. The van der Waals surface area contributed by atoms with Gasteiger partial charge in [-0.05, 0) is 56.7 Å². The fourth-order valence-corrected chi connectivity index (χ4v) is 4.95. The van der Waals surface area contributed by atoms with Crippen LogP contribution in [0.5, 0.6) is 5.75 Å². The predicted molar refractivity (Wildman–Crippen MR) is 160 cm³/mol. The second kappa shape index (κ2) is 11.8. The molecule has 1 heterocycles. The summed E-state index contributed by atoms with van der Waals surface area (Å²) in [5.74, 6) is 0.782. The first-order chi connectivity index (χ1) is 18.3. The Labute approximate surface area is 228 Å². The van der Waals surface area contributed by atoms with Crippen LogP contribution in [-0.2, 0) is 10.3 Å². The first-order valence-electron chi connectivity index (χ1n) is 13.7. The molecule has 0 unspecified atom stereocenters. The zero-order chi connectivity index (χ0) is 27.3. The third kappa shape index (κ3) is 5.31. The highest BCUT2D eigenvalue weighted by Gasteiger charge is 2.46. The van der Waals surface area contributed by atoms with E-state index in [-0.39, 0.29) is 0 Å². The molecule has 6 heteroatoms. The van der Waals surface area contributed by atoms with Crippen LogP contribution in [0.4, 0.5) is 17.1 Å². The van der Waals surface area contributed by atoms with E-state index in [1.165, 1.54) is 0 Å². The van der Waals surface area contributed by atoms with Crippen molar-refractivity contribution in [2.45, 2.75) is 39.2 Å². The standard InChI is InChI=1S/C32H42N4O2/c1-8-11-22-33-31-37-30-23-28(36(9-2)10-3)20-21-29(30)32(38-31,24-12-16-26(17-13-24)34(4)5)25-14-18-27(19-15-25)35(6)7/h12-21,23H,8-11,22H2,1-7H3. The smallest absolute Gasteiger partial charge is 0.390 e. The predicted octanol–water partition coefficient (Wildman–Crippen LogP) is 6.52. The quantitative estimate of drug-likeness (QED) is 0.288. The number of hydrogen-bond donors (Lipinski definition) is 0. The van der Waals surface area contributed by atoms with Crippen LogP contribution in [0.2, 0.25) is 0 Å². The lowest BCUT2D eigenvalue weighted by atomic mass is 9.79. The molecule has 0 aromatic heterocycles. The molecule has 4 rings (SSSR count). The summed E-state index contributed by atoms with van der Waals surface area (Å²) < 4.78 is 13.2. The van der Waals surface area contributed by atoms with E-state index in [1.54, 1.807) is 0 Å². The number of rotatable bonds is 10. The molecular weight excluding hydrogens is 472 g/mol. The number of benzene rings is 3. The van der Waals surface area contributed by atoms with E-state index in [2.05, 4.69) is 130 Å². The van der Waals surface area contributed by atoms with E-state index in [9.17, 15) is 0 Å². The van der Waals surface area contributed by atoms with Crippen molar-refractivity contribution in [2.24, 2.45) is 4.99 Å². The third-order valence-electron chi connectivity index (χ3n) is 7.24. The second-order valence-corrected chi connectivity index (χ2v) is 10.1. The van der Waals surface area contributed by atoms with Gasteiger partial charge >= 0.3 is 6.08 Å². The Kier molecular flexibility index (Phi) is 8.50. The lowest BCUT2D eigenvalue weighted by molar-refractivity contribution is 0.0820. The van der Waals surface area contributed by atoms with Gasteiger partial charge in [-0.3, -0.25) is 0 Å². The van der Waals surface area contributed by atoms with Gasteiger partial charge in [-0.15, -0.1) is 0 Å². The average Bonchev–Trinajstić information content (AvgIpc) is 2.93. The highest BCUT2D eigenvalue weighted by atomic mass is 16.7. The van der Waals surface area contributed by atoms with E-state index in [0.717, 1.165) is 65.4 Å². The molecule has 0 radical (unpaired) electrons. The number of fused-ring (bicyclic) bond motifs is 1. The van der Waals surface area contributed by atoms with E-state index < -0.39 is 5.60 Å². The zero-order valence-corrected chi connectivity index (χ0v) is 24.0. The molecule has 38 heavy (non-hydrogen) atoms. The van der Waals surface area contributed by atoms with Gasteiger partial charge in [0, 0.05) is 87.6 Å². The van der Waals surface area contributed by atoms with Gasteiger partial charge in [0.2, 0.25) is 0 Å². The number of aliphatic imine (C=N–C) groups is 1. The van der Waals surface area contributed by atoms with Gasteiger partial charge < -0.3 is 24.2 Å². The molecule has 3 aromatic rings. The normalized spacial score (nSPS) is 14.9. The van der Waals surface area contributed by atoms with Gasteiger partial charge in [0.25, 0.3) is 0 Å². The molecule has 0 amide bonds. The van der Waals surface area contributed by atoms with Crippen molar-refractivity contribution in [3.05, 3.63) is 83.4 Å². The second-order valence-electron chi connectivity index (χ2n) is 10.1. The molecule has 1 aliphatic heterocycles. The van der Waals surface area contributed by atoms with Crippen LogP contribution in [0.25, 0.3) is 0 Å². The van der Waals surface area contributed by atoms with Crippen molar-refractivity contribution >= 4 is 23.1 Å². The highest BCUT2D eigenvalue weighted by molar-refractivity contribution is 5.78. The summed E-state index contributed by atoms with van der Waals surface area (Å²) >= 11 is 0. The molecule has 0 aliphatic carbocycles. The SMILES string of the molecule is CCCCN=C1Oc2cc(N(CC)CC)ccc2C(c2ccc(N(C)C)cc2)(c2ccc(N(C)C)cc2)O1. The average molecular weight is 515 g/mol. The minimum absolute atomic E-state index is 0.316. The Morgan fingerprint density at radius 1 is 0.711 bits per heavy atom. The molecule has 0 saturated carbocycles. The van der Waals surface area contributed by atoms with Crippen molar-refractivity contribution in [2.75, 3.05) is 62.5 Å². The molecule has 202 valence electrons. The first kappa shape index (κ1) is 27.4. The zero-order valence-electron chi connectivity index (χ0n) is 24.0. The number of hydrogen-bond acceptors (Lipinski definition) is 6. The lowest BCUT2D eigenvalue weighted by Gasteiger charge is -2.40. The molecule has 0 saturated heterocycles. The molecular formula is C32H42N4O2. The van der Waals surface area contributed by atoms with Crippen molar-refractivity contribution < 1.29 is 9.47 Å². The van der Waals surface area contributed by atoms with E-state index >= 15 is 0 Å². The number of unbranched alkanes of at least 4 members (excludes halogenated alkanes) is 1. The van der Waals surface area contributed by atoms with Crippen molar-refractivity contribution in [1.29, 1.82) is 0 Å². The van der Waals surface area contributed by atoms with Gasteiger partial charge in [0.15, 0.2) is 5.60 Å². The summed E-state index contributed by atoms with van der Waals surface area (Å²) in [6, 6.07) is 23.7. The Balaban J connectivity index is 1.97. The van der Waals surface area contributed by atoms with Crippen LogP contribution in [0.3, 0.4) is 0 Å². The van der Waals surface area contributed by atoms with Gasteiger partial charge in [-0.25, -0.2) is 4.99 Å². The molecule has 3 aromatic carbocycles. The van der Waals surface area contributed by atoms with Crippen molar-refractivity contribution in [3.8, 4) is 5.75 Å². The van der Waals surface area contributed by atoms with Crippen LogP contribution < -0.4 is 19.4 Å². The minimum Gasteiger partial charge on any atom is -0.429 e. The maximum atomic E-state index is 6.86. The molecule has 0 spiro atoms. The van der Waals surface area contributed by atoms with Crippen LogP contribution in [0.1, 0.15) is 50.3 Å². The monoisotopic (exact) mass is 514 g/mol. The summed E-state index contributed by atoms with van der Waals surface area (Å²) in [5, 5.41) is 0. The highest BCUT2D eigenvalue weighted by Crippen LogP contribution is 2.49. The molecule has 0 bridgehead atoms. The van der Waals surface area contributed by atoms with Gasteiger partial charge in [0.1, 0.15) is 5.75 Å². The molecule has 0 N–H and O–H groups in total. The summed E-state index contributed by atoms with van der Waals surface area (Å²) in [6.07, 6.45) is 2.35. The van der Waals surface area contributed by atoms with Gasteiger partial charge in [0.05, 0.1) is 0 Å². The summed E-state index contributed by atoms with van der Waals surface area (Å²) in [4.78, 5) is 11.3. The molecule has 6 nitrogen and oxygen atoms in total. The summed E-state index contributed by atoms with van der Waals surface area (Å²) in [7, 11) is 8.22. The van der Waals surface area contributed by atoms with E-state index in [1.807, 2.05) is 0 Å². The number of anilines is 3. The third-order valence-corrected chi connectivity index (χ3v) is 7.24. The van der Waals surface area contributed by atoms with Crippen molar-refractivity contribution in [3.63, 3.8) is 0 Å². The number of ether oxygens (including phenoxy) is 2. The molecule has 0 fully saturated rings. The Morgan fingerprint density at radius 2 is 1.24 bits per heavy atom. The summed E-state index contributed by atoms with van der Waals surface area (Å²) in [6.45, 7) is 9.02. The first-order valence-corrected chi connectivity index (χ1v) is 13.7. The largest absolute Gasteiger partial charge is 0.429 e. The Hall–Kier alpha value is -3.67. The number of nitrogens with zero attached hydrogens (tertiary/aromatic N) is 4. The molecule has 1 aliphatic rings. The van der Waals surface area contributed by atoms with E-state index in [4.69, 9.17) is 14.5 Å². The van der Waals surface area contributed by atoms with Crippen LogP contribution in [-0.4, -0.2) is 53.9 Å². The Bertz CT molecular complexity index is 1180. The maximum absolute atomic E-state index is 6.86. The van der Waals surface area contributed by atoms with Gasteiger partial charge in [-0.1, -0.05) is 37.6 Å². The fraction of sp³-hybridized carbons (Fsp3) is 0.406. The van der Waals surface area contributed by atoms with Crippen molar-refractivity contribution in [1.82, 2.24) is 0 Å². The van der Waals surface area contributed by atoms with Crippen LogP contribution in [0, 0.1) is 0 Å². The maximum Gasteiger partial charge on any atom is 0.390 e. The topological polar surface area (TPSA) is 40.5 Å². The fourth-order valence-electron chi connectivity index (χ4n) is 4.95. The van der Waals surface area contributed by atoms with Gasteiger partial charge in [-0.2, -0.15) is 0 Å². The molecule has 0 atom stereocenters. The minimum atomic E-state index is -0.907. The van der Waals surface area contributed by atoms with Crippen LogP contribution >= 0.6 is 0 Å². The lowest BCUT2D eigenvalue weighted by Crippen LogP contribution is -2.41. The summed E-state index contributed by atoms with van der Waals surface area (Å²) in [5.41, 5.74) is 5.52. The van der Waals surface area contributed by atoms with E-state index in [0.29, 0.717) is 12.6 Å². The van der Waals surface area contributed by atoms with Crippen LogP contribution in [0.15, 0.2) is 71.7 Å².